The molecule has 3 nitrogen and oxygen atoms in total. The lowest BCUT2D eigenvalue weighted by Gasteiger charge is -2.29. The van der Waals surface area contributed by atoms with Gasteiger partial charge in [0.25, 0.3) is 0 Å². The third-order valence-electron chi connectivity index (χ3n) is 1.79. The van der Waals surface area contributed by atoms with Crippen LogP contribution in [-0.2, 0) is 9.53 Å². The SMILES string of the molecule is CC(C)(C)OC(=O)C(C)(C)NCCCBr. The Morgan fingerprint density at radius 2 is 1.80 bits per heavy atom. The van der Waals surface area contributed by atoms with Crippen molar-refractivity contribution in [3.05, 3.63) is 0 Å². The first-order valence-corrected chi connectivity index (χ1v) is 6.35. The molecule has 0 spiro atoms. The Labute approximate surface area is 101 Å². The molecule has 90 valence electrons. The highest BCUT2D eigenvalue weighted by atomic mass is 79.9. The summed E-state index contributed by atoms with van der Waals surface area (Å²) >= 11 is 3.35. The van der Waals surface area contributed by atoms with Crippen LogP contribution in [0.4, 0.5) is 0 Å². The van der Waals surface area contributed by atoms with E-state index >= 15 is 0 Å². The number of carbonyl (C=O) groups excluding carboxylic acids is 1. The third-order valence-corrected chi connectivity index (χ3v) is 2.35. The Balaban J connectivity index is 4.14. The maximum absolute atomic E-state index is 11.8. The molecule has 0 aliphatic rings. The number of hydrogen-bond acceptors (Lipinski definition) is 3. The summed E-state index contributed by atoms with van der Waals surface area (Å²) in [6.45, 7) is 10.1. The van der Waals surface area contributed by atoms with Gasteiger partial charge >= 0.3 is 5.97 Å². The van der Waals surface area contributed by atoms with Crippen molar-refractivity contribution in [1.29, 1.82) is 0 Å². The smallest absolute Gasteiger partial charge is 0.326 e. The molecule has 0 aromatic carbocycles. The minimum absolute atomic E-state index is 0.204. The molecule has 0 atom stereocenters. The number of carbonyl (C=O) groups is 1. The standard InChI is InChI=1S/C11H22BrNO2/c1-10(2,3)15-9(14)11(4,5)13-8-6-7-12/h13H,6-8H2,1-5H3. The zero-order valence-electron chi connectivity index (χ0n) is 10.3. The van der Waals surface area contributed by atoms with Gasteiger partial charge < -0.3 is 10.1 Å². The van der Waals surface area contributed by atoms with Crippen molar-refractivity contribution in [2.24, 2.45) is 0 Å². The molecule has 1 N–H and O–H groups in total. The van der Waals surface area contributed by atoms with E-state index < -0.39 is 11.1 Å². The Morgan fingerprint density at radius 3 is 2.20 bits per heavy atom. The molecule has 0 bridgehead atoms. The second-order valence-electron chi connectivity index (χ2n) is 5.10. The average molecular weight is 280 g/mol. The second-order valence-corrected chi connectivity index (χ2v) is 5.89. The zero-order valence-corrected chi connectivity index (χ0v) is 11.9. The fraction of sp³-hybridized carbons (Fsp3) is 0.909. The fourth-order valence-corrected chi connectivity index (χ4v) is 1.23. The summed E-state index contributed by atoms with van der Waals surface area (Å²) in [5.41, 5.74) is -1.04. The molecule has 0 rings (SSSR count). The van der Waals surface area contributed by atoms with Gasteiger partial charge in [0.05, 0.1) is 0 Å². The number of hydrogen-bond donors (Lipinski definition) is 1. The molecule has 0 aliphatic heterocycles. The van der Waals surface area contributed by atoms with E-state index in [-0.39, 0.29) is 5.97 Å². The molecule has 15 heavy (non-hydrogen) atoms. The predicted molar refractivity (Wildman–Crippen MR) is 66.3 cm³/mol. The van der Waals surface area contributed by atoms with Crippen LogP contribution in [-0.4, -0.2) is 29.0 Å². The van der Waals surface area contributed by atoms with Gasteiger partial charge in [-0.05, 0) is 47.6 Å². The number of esters is 1. The van der Waals surface area contributed by atoms with Crippen LogP contribution in [0.5, 0.6) is 0 Å². The van der Waals surface area contributed by atoms with Crippen molar-refractivity contribution in [2.75, 3.05) is 11.9 Å². The maximum Gasteiger partial charge on any atom is 0.326 e. The molecule has 0 unspecified atom stereocenters. The minimum atomic E-state index is -0.616. The van der Waals surface area contributed by atoms with Crippen LogP contribution in [0, 0.1) is 0 Å². The van der Waals surface area contributed by atoms with Crippen molar-refractivity contribution in [3.63, 3.8) is 0 Å². The van der Waals surface area contributed by atoms with Gasteiger partial charge in [-0.2, -0.15) is 0 Å². The first kappa shape index (κ1) is 14.9. The largest absolute Gasteiger partial charge is 0.459 e. The Hall–Kier alpha value is -0.0900. The zero-order chi connectivity index (χ0) is 12.1. The molecule has 4 heteroatoms. The number of nitrogens with one attached hydrogen (secondary N) is 1. The first-order chi connectivity index (χ1) is 6.69. The maximum atomic E-state index is 11.8. The summed E-state index contributed by atoms with van der Waals surface area (Å²) in [6, 6.07) is 0. The van der Waals surface area contributed by atoms with Crippen LogP contribution >= 0.6 is 15.9 Å². The van der Waals surface area contributed by atoms with E-state index in [0.29, 0.717) is 0 Å². The monoisotopic (exact) mass is 279 g/mol. The lowest BCUT2D eigenvalue weighted by molar-refractivity contribution is -0.161. The van der Waals surface area contributed by atoms with Crippen LogP contribution in [0.1, 0.15) is 41.0 Å². The van der Waals surface area contributed by atoms with Crippen LogP contribution in [0.3, 0.4) is 0 Å². The van der Waals surface area contributed by atoms with Gasteiger partial charge in [0.2, 0.25) is 0 Å². The Kier molecular flexibility index (Phi) is 5.81. The molecule has 0 fully saturated rings. The molecule has 0 saturated carbocycles. The van der Waals surface area contributed by atoms with Gasteiger partial charge in [0.1, 0.15) is 11.1 Å². The van der Waals surface area contributed by atoms with E-state index in [9.17, 15) is 4.79 Å². The van der Waals surface area contributed by atoms with Gasteiger partial charge in [0, 0.05) is 5.33 Å². The number of alkyl halides is 1. The highest BCUT2D eigenvalue weighted by molar-refractivity contribution is 9.09. The summed E-state index contributed by atoms with van der Waals surface area (Å²) in [5.74, 6) is -0.204. The molecule has 0 aromatic rings. The van der Waals surface area contributed by atoms with Crippen LogP contribution < -0.4 is 5.32 Å². The van der Waals surface area contributed by atoms with Crippen molar-refractivity contribution < 1.29 is 9.53 Å². The molecule has 0 aromatic heterocycles. The molecular weight excluding hydrogens is 258 g/mol. The van der Waals surface area contributed by atoms with Crippen LogP contribution in [0.2, 0.25) is 0 Å². The lowest BCUT2D eigenvalue weighted by atomic mass is 10.1. The Morgan fingerprint density at radius 1 is 1.27 bits per heavy atom. The predicted octanol–water partition coefficient (Wildman–Crippen LogP) is 2.48. The summed E-state index contributed by atoms with van der Waals surface area (Å²) in [7, 11) is 0. The van der Waals surface area contributed by atoms with E-state index in [2.05, 4.69) is 21.2 Å². The number of halogens is 1. The molecule has 0 saturated heterocycles. The van der Waals surface area contributed by atoms with E-state index in [1.54, 1.807) is 0 Å². The summed E-state index contributed by atoms with van der Waals surface area (Å²) in [6.07, 6.45) is 0.992. The van der Waals surface area contributed by atoms with Crippen molar-refractivity contribution in [1.82, 2.24) is 5.32 Å². The molecule has 0 radical (unpaired) electrons. The quantitative estimate of drug-likeness (QED) is 0.477. The van der Waals surface area contributed by atoms with Gasteiger partial charge in [-0.25, -0.2) is 0 Å². The molecule has 0 amide bonds. The van der Waals surface area contributed by atoms with E-state index in [1.165, 1.54) is 0 Å². The fourth-order valence-electron chi connectivity index (χ4n) is 0.946. The van der Waals surface area contributed by atoms with E-state index in [4.69, 9.17) is 4.74 Å². The molecule has 0 heterocycles. The third kappa shape index (κ3) is 6.90. The highest BCUT2D eigenvalue weighted by Gasteiger charge is 2.31. The second kappa shape index (κ2) is 5.85. The highest BCUT2D eigenvalue weighted by Crippen LogP contribution is 2.13. The first-order valence-electron chi connectivity index (χ1n) is 5.23. The Bertz CT molecular complexity index is 209. The average Bonchev–Trinajstić information content (AvgIpc) is 2.01. The van der Waals surface area contributed by atoms with Crippen LogP contribution in [0.15, 0.2) is 0 Å². The van der Waals surface area contributed by atoms with Gasteiger partial charge in [0.15, 0.2) is 0 Å². The van der Waals surface area contributed by atoms with Crippen molar-refractivity contribution in [2.45, 2.75) is 52.2 Å². The number of rotatable bonds is 5. The van der Waals surface area contributed by atoms with Crippen molar-refractivity contribution >= 4 is 21.9 Å². The van der Waals surface area contributed by atoms with Gasteiger partial charge in [-0.15, -0.1) is 0 Å². The van der Waals surface area contributed by atoms with Crippen molar-refractivity contribution in [3.8, 4) is 0 Å². The normalized spacial score (nSPS) is 12.7. The number of ether oxygens (including phenoxy) is 1. The topological polar surface area (TPSA) is 38.3 Å². The van der Waals surface area contributed by atoms with Gasteiger partial charge in [-0.3, -0.25) is 4.79 Å². The summed E-state index contributed by atoms with van der Waals surface area (Å²) in [4.78, 5) is 11.8. The summed E-state index contributed by atoms with van der Waals surface area (Å²) in [5, 5.41) is 4.11. The van der Waals surface area contributed by atoms with Gasteiger partial charge in [-0.1, -0.05) is 15.9 Å². The van der Waals surface area contributed by atoms with E-state index in [1.807, 2.05) is 34.6 Å². The molecule has 0 aliphatic carbocycles. The summed E-state index contributed by atoms with van der Waals surface area (Å²) < 4.78 is 5.32. The lowest BCUT2D eigenvalue weighted by Crippen LogP contribution is -2.50. The van der Waals surface area contributed by atoms with Crippen LogP contribution in [0.25, 0.3) is 0 Å². The molecular formula is C11H22BrNO2. The minimum Gasteiger partial charge on any atom is -0.459 e. The van der Waals surface area contributed by atoms with E-state index in [0.717, 1.165) is 18.3 Å².